The Bertz CT molecular complexity index is 1020. The number of benzene rings is 1. The van der Waals surface area contributed by atoms with Crippen molar-refractivity contribution in [3.8, 4) is 11.3 Å². The van der Waals surface area contributed by atoms with Gasteiger partial charge in [0.2, 0.25) is 0 Å². The Kier molecular flexibility index (Phi) is 5.63. The maximum Gasteiger partial charge on any atom is 0.259 e. The first-order chi connectivity index (χ1) is 15.3. The van der Waals surface area contributed by atoms with Crippen LogP contribution < -0.4 is 10.2 Å². The van der Waals surface area contributed by atoms with Crippen LogP contribution in [0.4, 0.5) is 5.82 Å². The number of anilines is 1. The van der Waals surface area contributed by atoms with Gasteiger partial charge in [-0.2, -0.15) is 4.98 Å². The Morgan fingerprint density at radius 2 is 1.94 bits per heavy atom. The average molecular weight is 425 g/mol. The molecule has 1 N–H and O–H groups in total. The van der Waals surface area contributed by atoms with Gasteiger partial charge in [-0.3, -0.25) is 4.79 Å². The van der Waals surface area contributed by atoms with E-state index in [4.69, 9.17) is 18.5 Å². The Hall–Kier alpha value is -3.24. The van der Waals surface area contributed by atoms with Gasteiger partial charge < -0.3 is 28.7 Å². The van der Waals surface area contributed by atoms with Crippen LogP contribution in [0.5, 0.6) is 0 Å². The molecule has 1 aromatic carbocycles. The third-order valence-corrected chi connectivity index (χ3v) is 5.34. The second kappa shape index (κ2) is 8.86. The van der Waals surface area contributed by atoms with Crippen molar-refractivity contribution in [2.24, 2.45) is 0 Å². The van der Waals surface area contributed by atoms with E-state index in [1.807, 2.05) is 35.2 Å². The normalized spacial score (nSPS) is 19.0. The third kappa shape index (κ3) is 4.17. The van der Waals surface area contributed by atoms with Gasteiger partial charge in [-0.1, -0.05) is 40.6 Å². The minimum absolute atomic E-state index is 0.122. The molecule has 0 radical (unpaired) electrons. The molecule has 2 aliphatic rings. The van der Waals surface area contributed by atoms with E-state index < -0.39 is 0 Å². The fourth-order valence-corrected chi connectivity index (χ4v) is 3.75. The lowest BCUT2D eigenvalue weighted by Gasteiger charge is -2.26. The second-order valence-electron chi connectivity index (χ2n) is 7.41. The number of amides is 1. The zero-order chi connectivity index (χ0) is 21.0. The van der Waals surface area contributed by atoms with Gasteiger partial charge in [0.15, 0.2) is 17.4 Å². The molecular weight excluding hydrogens is 402 g/mol. The number of ether oxygens (including phenoxy) is 2. The summed E-state index contributed by atoms with van der Waals surface area (Å²) in [5.74, 6) is 1.46. The van der Waals surface area contributed by atoms with Gasteiger partial charge >= 0.3 is 0 Å². The average Bonchev–Trinajstić information content (AvgIpc) is 3.59. The van der Waals surface area contributed by atoms with E-state index in [1.165, 1.54) is 0 Å². The molecule has 2 fully saturated rings. The Balaban J connectivity index is 1.37. The summed E-state index contributed by atoms with van der Waals surface area (Å²) >= 11 is 0. The summed E-state index contributed by atoms with van der Waals surface area (Å²) in [4.78, 5) is 19.6. The highest BCUT2D eigenvalue weighted by atomic mass is 16.5. The second-order valence-corrected chi connectivity index (χ2v) is 7.41. The maximum atomic E-state index is 13.2. The lowest BCUT2D eigenvalue weighted by Crippen LogP contribution is -2.38. The van der Waals surface area contributed by atoms with E-state index in [0.717, 1.165) is 18.4 Å². The first kappa shape index (κ1) is 19.7. The summed E-state index contributed by atoms with van der Waals surface area (Å²) in [5.41, 5.74) is 1.16. The van der Waals surface area contributed by atoms with Gasteiger partial charge in [0.05, 0.1) is 19.8 Å². The van der Waals surface area contributed by atoms with E-state index in [9.17, 15) is 4.79 Å². The minimum Gasteiger partial charge on any atom is -0.378 e. The standard InChI is InChI=1S/C21H23N5O5/c27-20(22-13-16-23-21(31-24-16)15-7-4-10-29-15)17-18(14-5-2-1-3-6-14)30-25-19(17)26-8-11-28-12-9-26/h1-3,5-6,15H,4,7-13H2,(H,22,27). The van der Waals surface area contributed by atoms with Crippen molar-refractivity contribution in [3.05, 3.63) is 47.6 Å². The van der Waals surface area contributed by atoms with E-state index in [0.29, 0.717) is 61.8 Å². The molecule has 1 atom stereocenters. The third-order valence-electron chi connectivity index (χ3n) is 5.34. The van der Waals surface area contributed by atoms with Gasteiger partial charge in [0, 0.05) is 25.3 Å². The molecule has 2 aromatic heterocycles. The van der Waals surface area contributed by atoms with Gasteiger partial charge in [-0.15, -0.1) is 0 Å². The molecule has 2 aliphatic heterocycles. The van der Waals surface area contributed by atoms with Crippen molar-refractivity contribution in [1.29, 1.82) is 0 Å². The number of carbonyl (C=O) groups excluding carboxylic acids is 1. The number of nitrogens with zero attached hydrogens (tertiary/aromatic N) is 4. The van der Waals surface area contributed by atoms with Crippen LogP contribution in [0.15, 0.2) is 39.4 Å². The summed E-state index contributed by atoms with van der Waals surface area (Å²) in [6, 6.07) is 9.45. The molecule has 3 aromatic rings. The summed E-state index contributed by atoms with van der Waals surface area (Å²) in [6.45, 7) is 3.23. The molecule has 2 saturated heterocycles. The van der Waals surface area contributed by atoms with Crippen LogP contribution in [0, 0.1) is 0 Å². The zero-order valence-corrected chi connectivity index (χ0v) is 17.0. The van der Waals surface area contributed by atoms with E-state index in [-0.39, 0.29) is 18.6 Å². The fraction of sp³-hybridized carbons (Fsp3) is 0.429. The van der Waals surface area contributed by atoms with Gasteiger partial charge in [-0.25, -0.2) is 0 Å². The predicted octanol–water partition coefficient (Wildman–Crippen LogP) is 2.34. The minimum atomic E-state index is -0.315. The molecule has 31 heavy (non-hydrogen) atoms. The lowest BCUT2D eigenvalue weighted by atomic mass is 10.1. The summed E-state index contributed by atoms with van der Waals surface area (Å²) in [5, 5.41) is 11.0. The van der Waals surface area contributed by atoms with Crippen LogP contribution in [-0.4, -0.2) is 54.1 Å². The quantitative estimate of drug-likeness (QED) is 0.635. The van der Waals surface area contributed by atoms with E-state index in [1.54, 1.807) is 0 Å². The number of morpholine rings is 1. The van der Waals surface area contributed by atoms with Gasteiger partial charge in [-0.05, 0) is 12.8 Å². The highest BCUT2D eigenvalue weighted by Gasteiger charge is 2.29. The van der Waals surface area contributed by atoms with E-state index in [2.05, 4.69) is 20.6 Å². The largest absolute Gasteiger partial charge is 0.378 e. The molecule has 1 unspecified atom stereocenters. The topological polar surface area (TPSA) is 116 Å². The van der Waals surface area contributed by atoms with Gasteiger partial charge in [0.1, 0.15) is 11.7 Å². The van der Waals surface area contributed by atoms with Crippen molar-refractivity contribution in [1.82, 2.24) is 20.6 Å². The molecule has 0 bridgehead atoms. The Labute approximate surface area is 178 Å². The number of hydrogen-bond donors (Lipinski definition) is 1. The van der Waals surface area contributed by atoms with Crippen LogP contribution >= 0.6 is 0 Å². The Morgan fingerprint density at radius 3 is 2.71 bits per heavy atom. The highest BCUT2D eigenvalue weighted by molar-refractivity contribution is 6.04. The first-order valence-corrected chi connectivity index (χ1v) is 10.4. The molecule has 10 heteroatoms. The monoisotopic (exact) mass is 425 g/mol. The molecular formula is C21H23N5O5. The maximum absolute atomic E-state index is 13.2. The van der Waals surface area contributed by atoms with Crippen LogP contribution in [0.1, 0.15) is 41.0 Å². The van der Waals surface area contributed by atoms with Crippen molar-refractivity contribution in [3.63, 3.8) is 0 Å². The van der Waals surface area contributed by atoms with E-state index >= 15 is 0 Å². The van der Waals surface area contributed by atoms with Crippen molar-refractivity contribution < 1.29 is 23.3 Å². The molecule has 5 rings (SSSR count). The number of rotatable bonds is 6. The van der Waals surface area contributed by atoms with Crippen molar-refractivity contribution in [2.75, 3.05) is 37.8 Å². The Morgan fingerprint density at radius 1 is 1.10 bits per heavy atom. The van der Waals surface area contributed by atoms with Crippen LogP contribution in [0.2, 0.25) is 0 Å². The molecule has 0 aliphatic carbocycles. The number of carbonyl (C=O) groups is 1. The van der Waals surface area contributed by atoms with Crippen LogP contribution in [0.25, 0.3) is 11.3 Å². The smallest absolute Gasteiger partial charge is 0.259 e. The van der Waals surface area contributed by atoms with Crippen LogP contribution in [-0.2, 0) is 16.0 Å². The molecule has 162 valence electrons. The SMILES string of the molecule is O=C(NCc1noc(C2CCCO2)n1)c1c(N2CCOCC2)noc1-c1ccccc1. The summed E-state index contributed by atoms with van der Waals surface area (Å²) in [6.07, 6.45) is 1.67. The molecule has 10 nitrogen and oxygen atoms in total. The molecule has 0 spiro atoms. The number of nitrogens with one attached hydrogen (secondary N) is 1. The van der Waals surface area contributed by atoms with Crippen molar-refractivity contribution >= 4 is 11.7 Å². The van der Waals surface area contributed by atoms with Crippen molar-refractivity contribution in [2.45, 2.75) is 25.5 Å². The zero-order valence-electron chi connectivity index (χ0n) is 17.0. The summed E-state index contributed by atoms with van der Waals surface area (Å²) in [7, 11) is 0. The van der Waals surface area contributed by atoms with Gasteiger partial charge in [0.25, 0.3) is 11.8 Å². The fourth-order valence-electron chi connectivity index (χ4n) is 3.75. The summed E-state index contributed by atoms with van der Waals surface area (Å²) < 4.78 is 21.9. The number of hydrogen-bond acceptors (Lipinski definition) is 9. The molecule has 0 saturated carbocycles. The van der Waals surface area contributed by atoms with Crippen LogP contribution in [0.3, 0.4) is 0 Å². The highest BCUT2D eigenvalue weighted by Crippen LogP contribution is 2.32. The molecule has 1 amide bonds. The lowest BCUT2D eigenvalue weighted by molar-refractivity contribution is 0.0835. The molecule has 4 heterocycles. The first-order valence-electron chi connectivity index (χ1n) is 10.4. The number of aromatic nitrogens is 3. The predicted molar refractivity (Wildman–Crippen MR) is 108 cm³/mol.